The molecule has 0 spiro atoms. The summed E-state index contributed by atoms with van der Waals surface area (Å²) in [5.74, 6) is -1.69. The van der Waals surface area contributed by atoms with Gasteiger partial charge in [-0.1, -0.05) is 0 Å². The zero-order valence-corrected chi connectivity index (χ0v) is 12.9. The van der Waals surface area contributed by atoms with Gasteiger partial charge >= 0.3 is 11.9 Å². The van der Waals surface area contributed by atoms with Gasteiger partial charge < -0.3 is 14.5 Å². The molecule has 1 heterocycles. The monoisotopic (exact) mass is 318 g/mol. The molecule has 0 amide bonds. The van der Waals surface area contributed by atoms with Crippen LogP contribution in [0.1, 0.15) is 29.4 Å². The number of ether oxygens (including phenoxy) is 2. The number of anilines is 1. The molecule has 9 heteroatoms. The smallest absolute Gasteiger partial charge is 0.342 e. The highest BCUT2D eigenvalue weighted by atomic mass is 32.2. The first kappa shape index (κ1) is 17.0. The van der Waals surface area contributed by atoms with Crippen LogP contribution in [0, 0.1) is 6.92 Å². The summed E-state index contributed by atoms with van der Waals surface area (Å²) in [6.07, 6.45) is 1.08. The summed E-state index contributed by atoms with van der Waals surface area (Å²) in [6.45, 7) is 3.45. The fraction of sp³-hybridized carbons (Fsp3) is 0.500. The Morgan fingerprint density at radius 3 is 2.62 bits per heavy atom. The lowest BCUT2D eigenvalue weighted by molar-refractivity contribution is -0.140. The number of aryl methyl sites for hydroxylation is 1. The van der Waals surface area contributed by atoms with E-state index in [-0.39, 0.29) is 24.3 Å². The van der Waals surface area contributed by atoms with Gasteiger partial charge in [-0.05, 0) is 13.8 Å². The maximum absolute atomic E-state index is 11.9. The van der Waals surface area contributed by atoms with Gasteiger partial charge in [-0.3, -0.25) is 9.52 Å². The number of H-pyrrole nitrogens is 1. The molecule has 0 fully saturated rings. The summed E-state index contributed by atoms with van der Waals surface area (Å²) >= 11 is 0. The normalized spacial score (nSPS) is 11.0. The first-order valence-corrected chi connectivity index (χ1v) is 7.88. The summed E-state index contributed by atoms with van der Waals surface area (Å²) in [5.41, 5.74) is 0.702. The van der Waals surface area contributed by atoms with Crippen molar-refractivity contribution < 1.29 is 27.5 Å². The Bertz CT molecular complexity index is 620. The van der Waals surface area contributed by atoms with Crippen molar-refractivity contribution >= 4 is 27.6 Å². The average Bonchev–Trinajstić information content (AvgIpc) is 2.76. The van der Waals surface area contributed by atoms with Crippen molar-refractivity contribution in [3.8, 4) is 0 Å². The van der Waals surface area contributed by atoms with E-state index >= 15 is 0 Å². The van der Waals surface area contributed by atoms with Gasteiger partial charge in [0.05, 0.1) is 31.6 Å². The zero-order chi connectivity index (χ0) is 16.0. The van der Waals surface area contributed by atoms with Gasteiger partial charge in [-0.2, -0.15) is 0 Å². The van der Waals surface area contributed by atoms with Gasteiger partial charge in [0.25, 0.3) is 0 Å². The first-order valence-electron chi connectivity index (χ1n) is 6.23. The number of methoxy groups -OCH3 is 1. The molecule has 21 heavy (non-hydrogen) atoms. The van der Waals surface area contributed by atoms with Crippen LogP contribution in [-0.4, -0.2) is 44.8 Å². The number of carbonyl (C=O) groups is 2. The number of aromatic amines is 1. The molecule has 0 atom stereocenters. The van der Waals surface area contributed by atoms with Crippen LogP contribution in [0.15, 0.2) is 6.20 Å². The minimum atomic E-state index is -3.78. The van der Waals surface area contributed by atoms with Crippen LogP contribution >= 0.6 is 0 Å². The maximum Gasteiger partial charge on any atom is 0.342 e. The summed E-state index contributed by atoms with van der Waals surface area (Å²) in [7, 11) is -2.60. The molecule has 2 N–H and O–H groups in total. The summed E-state index contributed by atoms with van der Waals surface area (Å²) in [5, 5.41) is 0. The van der Waals surface area contributed by atoms with E-state index in [1.165, 1.54) is 13.3 Å². The van der Waals surface area contributed by atoms with Crippen LogP contribution in [0.4, 0.5) is 5.69 Å². The van der Waals surface area contributed by atoms with E-state index in [9.17, 15) is 18.0 Å². The number of rotatable bonds is 7. The molecule has 0 aliphatic carbocycles. The van der Waals surface area contributed by atoms with Crippen molar-refractivity contribution in [2.24, 2.45) is 0 Å². The number of hydrogen-bond donors (Lipinski definition) is 2. The van der Waals surface area contributed by atoms with Gasteiger partial charge in [-0.15, -0.1) is 0 Å². The highest BCUT2D eigenvalue weighted by molar-refractivity contribution is 7.92. The fourth-order valence-corrected chi connectivity index (χ4v) is 2.65. The molecule has 1 aromatic rings. The Hall–Kier alpha value is -2.03. The second kappa shape index (κ2) is 7.11. The average molecular weight is 318 g/mol. The van der Waals surface area contributed by atoms with Crippen LogP contribution in [0.3, 0.4) is 0 Å². The van der Waals surface area contributed by atoms with Crippen molar-refractivity contribution in [2.45, 2.75) is 20.3 Å². The van der Waals surface area contributed by atoms with E-state index in [4.69, 9.17) is 4.74 Å². The number of sulfonamides is 1. The van der Waals surface area contributed by atoms with Crippen molar-refractivity contribution in [3.05, 3.63) is 17.5 Å². The quantitative estimate of drug-likeness (QED) is 0.719. The van der Waals surface area contributed by atoms with Crippen LogP contribution in [0.5, 0.6) is 0 Å². The molecule has 0 aromatic carbocycles. The largest absolute Gasteiger partial charge is 0.469 e. The molecule has 0 saturated heterocycles. The predicted octanol–water partition coefficient (Wildman–Crippen LogP) is 0.805. The van der Waals surface area contributed by atoms with Crippen molar-refractivity contribution in [3.63, 3.8) is 0 Å². The van der Waals surface area contributed by atoms with Crippen molar-refractivity contribution in [1.29, 1.82) is 0 Å². The van der Waals surface area contributed by atoms with E-state index < -0.39 is 27.7 Å². The third-order valence-electron chi connectivity index (χ3n) is 2.62. The van der Waals surface area contributed by atoms with Crippen LogP contribution in [0.2, 0.25) is 0 Å². The molecule has 0 saturated carbocycles. The van der Waals surface area contributed by atoms with Gasteiger partial charge in [-0.25, -0.2) is 13.2 Å². The molecule has 118 valence electrons. The van der Waals surface area contributed by atoms with E-state index in [1.807, 2.05) is 0 Å². The van der Waals surface area contributed by atoms with E-state index in [1.54, 1.807) is 13.8 Å². The molecule has 1 rings (SSSR count). The predicted molar refractivity (Wildman–Crippen MR) is 75.5 cm³/mol. The number of nitrogens with one attached hydrogen (secondary N) is 2. The molecule has 0 aliphatic rings. The minimum Gasteiger partial charge on any atom is -0.469 e. The number of esters is 2. The molecular weight excluding hydrogens is 300 g/mol. The van der Waals surface area contributed by atoms with E-state index in [2.05, 4.69) is 14.4 Å². The second-order valence-electron chi connectivity index (χ2n) is 4.17. The fourth-order valence-electron chi connectivity index (χ4n) is 1.61. The van der Waals surface area contributed by atoms with Crippen molar-refractivity contribution in [2.75, 3.05) is 24.2 Å². The SMILES string of the molecule is CCOC(=O)c1c(NS(=O)(=O)CCC(=O)OC)c[nH]c1C. The van der Waals surface area contributed by atoms with Crippen molar-refractivity contribution in [1.82, 2.24) is 4.98 Å². The molecular formula is C12H18N2O6S. The topological polar surface area (TPSA) is 115 Å². The zero-order valence-electron chi connectivity index (χ0n) is 12.1. The summed E-state index contributed by atoms with van der Waals surface area (Å²) < 4.78 is 35.3. The van der Waals surface area contributed by atoms with E-state index in [0.29, 0.717) is 5.69 Å². The highest BCUT2D eigenvalue weighted by Crippen LogP contribution is 2.21. The summed E-state index contributed by atoms with van der Waals surface area (Å²) in [6, 6.07) is 0. The lowest BCUT2D eigenvalue weighted by Gasteiger charge is -2.08. The third-order valence-corrected chi connectivity index (χ3v) is 3.90. The molecule has 0 bridgehead atoms. The Kier molecular flexibility index (Phi) is 5.77. The summed E-state index contributed by atoms with van der Waals surface area (Å²) in [4.78, 5) is 25.5. The number of hydrogen-bond acceptors (Lipinski definition) is 6. The molecule has 0 radical (unpaired) electrons. The van der Waals surface area contributed by atoms with Gasteiger partial charge in [0.2, 0.25) is 10.0 Å². The van der Waals surface area contributed by atoms with Gasteiger partial charge in [0.1, 0.15) is 5.56 Å². The van der Waals surface area contributed by atoms with Crippen LogP contribution in [0.25, 0.3) is 0 Å². The Morgan fingerprint density at radius 1 is 1.38 bits per heavy atom. The molecule has 0 unspecified atom stereocenters. The molecule has 1 aromatic heterocycles. The first-order chi connectivity index (χ1) is 9.80. The Balaban J connectivity index is 2.88. The lowest BCUT2D eigenvalue weighted by atomic mass is 10.2. The van der Waals surface area contributed by atoms with Crippen LogP contribution < -0.4 is 4.72 Å². The van der Waals surface area contributed by atoms with E-state index in [0.717, 1.165) is 0 Å². The Labute approximate surface area is 122 Å². The highest BCUT2D eigenvalue weighted by Gasteiger charge is 2.22. The number of carbonyl (C=O) groups excluding carboxylic acids is 2. The third kappa shape index (κ3) is 4.78. The van der Waals surface area contributed by atoms with Gasteiger partial charge in [0.15, 0.2) is 0 Å². The standard InChI is InChI=1S/C12H18N2O6S/c1-4-20-12(16)11-8(2)13-7-9(11)14-21(17,18)6-5-10(15)19-3/h7,13-14H,4-6H2,1-3H3. The van der Waals surface area contributed by atoms with Crippen LogP contribution in [-0.2, 0) is 24.3 Å². The molecule has 8 nitrogen and oxygen atoms in total. The maximum atomic E-state index is 11.9. The minimum absolute atomic E-state index is 0.0933. The second-order valence-corrected chi connectivity index (χ2v) is 6.01. The lowest BCUT2D eigenvalue weighted by Crippen LogP contribution is -2.20. The van der Waals surface area contributed by atoms with Gasteiger partial charge in [0, 0.05) is 11.9 Å². The molecule has 0 aliphatic heterocycles. The number of aromatic nitrogens is 1. The Morgan fingerprint density at radius 2 is 2.05 bits per heavy atom.